The molecular weight excluding hydrogens is 192 g/mol. The first kappa shape index (κ1) is 11.0. The fraction of sp³-hybridized carbons (Fsp3) is 0.0909. The van der Waals surface area contributed by atoms with Crippen molar-refractivity contribution in [2.45, 2.75) is 0 Å². The number of esters is 1. The molecule has 4 nitrogen and oxygen atoms in total. The number of methoxy groups -OCH3 is 1. The van der Waals surface area contributed by atoms with Gasteiger partial charge in [-0.15, -0.1) is 0 Å². The van der Waals surface area contributed by atoms with Gasteiger partial charge in [0.15, 0.2) is 0 Å². The van der Waals surface area contributed by atoms with Gasteiger partial charge in [0.25, 0.3) is 0 Å². The van der Waals surface area contributed by atoms with Crippen molar-refractivity contribution in [3.05, 3.63) is 42.2 Å². The SMILES string of the molecule is C=Cc1cnccc1/C(N)=C/C(=O)OC. The second-order valence-electron chi connectivity index (χ2n) is 2.79. The summed E-state index contributed by atoms with van der Waals surface area (Å²) in [4.78, 5) is 14.9. The molecule has 0 aliphatic heterocycles. The van der Waals surface area contributed by atoms with Crippen LogP contribution in [0.3, 0.4) is 0 Å². The van der Waals surface area contributed by atoms with Crippen LogP contribution in [0.15, 0.2) is 31.1 Å². The van der Waals surface area contributed by atoms with E-state index >= 15 is 0 Å². The maximum absolute atomic E-state index is 11.0. The van der Waals surface area contributed by atoms with Crippen molar-refractivity contribution in [3.8, 4) is 0 Å². The molecule has 0 amide bonds. The number of ether oxygens (including phenoxy) is 1. The first-order valence-electron chi connectivity index (χ1n) is 4.31. The van der Waals surface area contributed by atoms with Gasteiger partial charge in [0.1, 0.15) is 0 Å². The third-order valence-electron chi connectivity index (χ3n) is 1.86. The van der Waals surface area contributed by atoms with E-state index in [0.717, 1.165) is 5.56 Å². The van der Waals surface area contributed by atoms with Crippen molar-refractivity contribution in [1.29, 1.82) is 0 Å². The Bertz CT molecular complexity index is 411. The Balaban J connectivity index is 3.10. The lowest BCUT2D eigenvalue weighted by Crippen LogP contribution is -2.04. The number of hydrogen-bond donors (Lipinski definition) is 1. The number of carbonyl (C=O) groups excluding carboxylic acids is 1. The van der Waals surface area contributed by atoms with Gasteiger partial charge >= 0.3 is 5.97 Å². The van der Waals surface area contributed by atoms with Crippen LogP contribution in [-0.2, 0) is 9.53 Å². The van der Waals surface area contributed by atoms with E-state index in [1.807, 2.05) is 0 Å². The van der Waals surface area contributed by atoms with Crippen LogP contribution in [0.1, 0.15) is 11.1 Å². The minimum atomic E-state index is -0.487. The van der Waals surface area contributed by atoms with Crippen molar-refractivity contribution >= 4 is 17.7 Å². The van der Waals surface area contributed by atoms with Crippen molar-refractivity contribution in [3.63, 3.8) is 0 Å². The predicted octanol–water partition coefficient (Wildman–Crippen LogP) is 1.20. The minimum absolute atomic E-state index is 0.333. The Hall–Kier alpha value is -2.10. The lowest BCUT2D eigenvalue weighted by molar-refractivity contribution is -0.134. The van der Waals surface area contributed by atoms with Crippen molar-refractivity contribution in [2.75, 3.05) is 7.11 Å². The third-order valence-corrected chi connectivity index (χ3v) is 1.86. The summed E-state index contributed by atoms with van der Waals surface area (Å²) in [7, 11) is 1.30. The van der Waals surface area contributed by atoms with Gasteiger partial charge in [-0.25, -0.2) is 4.79 Å². The molecule has 2 N–H and O–H groups in total. The number of carbonyl (C=O) groups is 1. The van der Waals surface area contributed by atoms with Gasteiger partial charge in [0.2, 0.25) is 0 Å². The number of rotatable bonds is 3. The number of nitrogens with two attached hydrogens (primary N) is 1. The van der Waals surface area contributed by atoms with E-state index in [-0.39, 0.29) is 0 Å². The van der Waals surface area contributed by atoms with Crippen LogP contribution in [0.5, 0.6) is 0 Å². The smallest absolute Gasteiger partial charge is 0.332 e. The van der Waals surface area contributed by atoms with Crippen LogP contribution in [0.2, 0.25) is 0 Å². The summed E-state index contributed by atoms with van der Waals surface area (Å²) in [5.41, 5.74) is 7.55. The molecule has 0 fully saturated rings. The molecule has 0 aliphatic carbocycles. The van der Waals surface area contributed by atoms with Crippen LogP contribution in [0.4, 0.5) is 0 Å². The highest BCUT2D eigenvalue weighted by Crippen LogP contribution is 2.14. The van der Waals surface area contributed by atoms with Crippen LogP contribution in [0.25, 0.3) is 11.8 Å². The number of aromatic nitrogens is 1. The van der Waals surface area contributed by atoms with E-state index in [1.54, 1.807) is 24.5 Å². The molecular formula is C11H12N2O2. The third kappa shape index (κ3) is 2.67. The summed E-state index contributed by atoms with van der Waals surface area (Å²) in [6.07, 6.45) is 6.07. The molecule has 0 saturated heterocycles. The van der Waals surface area contributed by atoms with Gasteiger partial charge in [-0.1, -0.05) is 12.7 Å². The molecule has 4 heteroatoms. The van der Waals surface area contributed by atoms with Crippen LogP contribution < -0.4 is 5.73 Å². The van der Waals surface area contributed by atoms with Gasteiger partial charge in [0.05, 0.1) is 7.11 Å². The normalized spacial score (nSPS) is 10.9. The molecule has 1 aromatic heterocycles. The average Bonchev–Trinajstić information content (AvgIpc) is 2.28. The molecule has 78 valence electrons. The molecule has 1 aromatic rings. The maximum Gasteiger partial charge on any atom is 0.332 e. The Kier molecular flexibility index (Phi) is 3.62. The predicted molar refractivity (Wildman–Crippen MR) is 58.5 cm³/mol. The number of nitrogens with zero attached hydrogens (tertiary/aromatic N) is 1. The van der Waals surface area contributed by atoms with E-state index in [0.29, 0.717) is 11.3 Å². The first-order valence-corrected chi connectivity index (χ1v) is 4.31. The van der Waals surface area contributed by atoms with E-state index in [4.69, 9.17) is 5.73 Å². The second kappa shape index (κ2) is 4.95. The molecule has 1 rings (SSSR count). The largest absolute Gasteiger partial charge is 0.466 e. The fourth-order valence-corrected chi connectivity index (χ4v) is 1.10. The fourth-order valence-electron chi connectivity index (χ4n) is 1.10. The highest BCUT2D eigenvalue weighted by atomic mass is 16.5. The van der Waals surface area contributed by atoms with Gasteiger partial charge in [0, 0.05) is 35.3 Å². The lowest BCUT2D eigenvalue weighted by Gasteiger charge is -2.04. The zero-order chi connectivity index (χ0) is 11.3. The highest BCUT2D eigenvalue weighted by molar-refractivity contribution is 5.91. The van der Waals surface area contributed by atoms with Crippen LogP contribution in [0, 0.1) is 0 Å². The van der Waals surface area contributed by atoms with E-state index < -0.39 is 5.97 Å². The van der Waals surface area contributed by atoms with Gasteiger partial charge in [-0.2, -0.15) is 0 Å². The van der Waals surface area contributed by atoms with Gasteiger partial charge in [-0.3, -0.25) is 4.98 Å². The van der Waals surface area contributed by atoms with Crippen molar-refractivity contribution < 1.29 is 9.53 Å². The van der Waals surface area contributed by atoms with Gasteiger partial charge in [-0.05, 0) is 6.07 Å². The van der Waals surface area contributed by atoms with E-state index in [1.165, 1.54) is 13.2 Å². The van der Waals surface area contributed by atoms with E-state index in [2.05, 4.69) is 16.3 Å². The Morgan fingerprint density at radius 1 is 1.67 bits per heavy atom. The summed E-state index contributed by atoms with van der Waals surface area (Å²) >= 11 is 0. The molecule has 0 spiro atoms. The zero-order valence-electron chi connectivity index (χ0n) is 8.43. The highest BCUT2D eigenvalue weighted by Gasteiger charge is 2.04. The minimum Gasteiger partial charge on any atom is -0.466 e. The van der Waals surface area contributed by atoms with Crippen LogP contribution >= 0.6 is 0 Å². The Morgan fingerprint density at radius 2 is 2.40 bits per heavy atom. The molecule has 15 heavy (non-hydrogen) atoms. The molecule has 0 aliphatic rings. The summed E-state index contributed by atoms with van der Waals surface area (Å²) < 4.78 is 4.48. The summed E-state index contributed by atoms with van der Waals surface area (Å²) in [5, 5.41) is 0. The quantitative estimate of drug-likeness (QED) is 0.593. The molecule has 0 aromatic carbocycles. The number of pyridine rings is 1. The molecule has 0 bridgehead atoms. The first-order chi connectivity index (χ1) is 7.19. The molecule has 1 heterocycles. The number of hydrogen-bond acceptors (Lipinski definition) is 4. The summed E-state index contributed by atoms with van der Waals surface area (Å²) in [6.45, 7) is 3.63. The molecule has 0 radical (unpaired) electrons. The molecule has 0 atom stereocenters. The maximum atomic E-state index is 11.0. The average molecular weight is 204 g/mol. The Labute approximate surface area is 88.1 Å². The Morgan fingerprint density at radius 3 is 3.00 bits per heavy atom. The van der Waals surface area contributed by atoms with Gasteiger partial charge < -0.3 is 10.5 Å². The molecule has 0 saturated carbocycles. The summed E-state index contributed by atoms with van der Waals surface area (Å²) in [5.74, 6) is -0.487. The molecule has 0 unspecified atom stereocenters. The summed E-state index contributed by atoms with van der Waals surface area (Å²) in [6, 6.07) is 1.71. The standard InChI is InChI=1S/C11H12N2O2/c1-3-8-7-13-5-4-9(8)10(12)6-11(14)15-2/h3-7H,1,12H2,2H3/b10-6-. The van der Waals surface area contributed by atoms with Crippen LogP contribution in [-0.4, -0.2) is 18.1 Å². The van der Waals surface area contributed by atoms with E-state index in [9.17, 15) is 4.79 Å². The van der Waals surface area contributed by atoms with Crippen molar-refractivity contribution in [2.24, 2.45) is 5.73 Å². The second-order valence-corrected chi connectivity index (χ2v) is 2.79. The monoisotopic (exact) mass is 204 g/mol. The zero-order valence-corrected chi connectivity index (χ0v) is 8.43. The topological polar surface area (TPSA) is 65.2 Å². The lowest BCUT2D eigenvalue weighted by atomic mass is 10.1. The van der Waals surface area contributed by atoms with Crippen molar-refractivity contribution in [1.82, 2.24) is 4.98 Å².